The summed E-state index contributed by atoms with van der Waals surface area (Å²) >= 11 is 0. The number of carbonyl (C=O) groups excluding carboxylic acids is 4. The highest BCUT2D eigenvalue weighted by atomic mass is 16.5. The van der Waals surface area contributed by atoms with E-state index in [1.807, 2.05) is 0 Å². The van der Waals surface area contributed by atoms with Gasteiger partial charge in [0.05, 0.1) is 46.9 Å². The van der Waals surface area contributed by atoms with Crippen LogP contribution in [0, 0.1) is 5.41 Å². The molecule has 2 atom stereocenters. The molecule has 1 fully saturated rings. The van der Waals surface area contributed by atoms with Crippen molar-refractivity contribution < 1.29 is 38.1 Å². The second kappa shape index (κ2) is 9.11. The summed E-state index contributed by atoms with van der Waals surface area (Å²) in [5, 5.41) is 0. The van der Waals surface area contributed by atoms with Crippen molar-refractivity contribution in [3.05, 3.63) is 22.4 Å². The van der Waals surface area contributed by atoms with Gasteiger partial charge in [-0.05, 0) is 43.3 Å². The van der Waals surface area contributed by atoms with Gasteiger partial charge in [-0.2, -0.15) is 0 Å². The minimum absolute atomic E-state index is 0.131. The average molecular weight is 435 g/mol. The molecule has 170 valence electrons. The van der Waals surface area contributed by atoms with E-state index in [9.17, 15) is 19.2 Å². The highest BCUT2D eigenvalue weighted by Crippen LogP contribution is 2.57. The Morgan fingerprint density at radius 1 is 0.935 bits per heavy atom. The molecule has 0 bridgehead atoms. The van der Waals surface area contributed by atoms with Gasteiger partial charge in [0.1, 0.15) is 5.41 Å². The molecule has 0 spiro atoms. The van der Waals surface area contributed by atoms with Gasteiger partial charge < -0.3 is 23.8 Å². The number of carbonyl (C=O) groups is 4. The van der Waals surface area contributed by atoms with Crippen LogP contribution in [-0.2, 0) is 38.1 Å². The van der Waals surface area contributed by atoms with E-state index in [0.717, 1.165) is 17.7 Å². The SMILES string of the molecule is COC(=O)C/C(C(=O)OC)=C1\CCCC2=C1N1CCC[C@@H]1[C@@]2(CC(=O)OC)C(=O)OC. The zero-order valence-electron chi connectivity index (χ0n) is 18.4. The number of nitrogens with zero attached hydrogens (tertiary/aromatic N) is 1. The second-order valence-electron chi connectivity index (χ2n) is 7.95. The molecular weight excluding hydrogens is 406 g/mol. The van der Waals surface area contributed by atoms with E-state index < -0.39 is 29.3 Å². The van der Waals surface area contributed by atoms with Crippen molar-refractivity contribution >= 4 is 23.9 Å². The summed E-state index contributed by atoms with van der Waals surface area (Å²) in [5.74, 6) is -2.13. The summed E-state index contributed by atoms with van der Waals surface area (Å²) in [6.07, 6.45) is 2.99. The molecular formula is C22H29NO8. The second-order valence-corrected chi connectivity index (χ2v) is 7.95. The van der Waals surface area contributed by atoms with Crippen LogP contribution in [0.1, 0.15) is 44.9 Å². The van der Waals surface area contributed by atoms with Crippen molar-refractivity contribution in [1.82, 2.24) is 4.90 Å². The summed E-state index contributed by atoms with van der Waals surface area (Å²) in [7, 11) is 5.14. The normalized spacial score (nSPS) is 26.1. The van der Waals surface area contributed by atoms with Gasteiger partial charge in [0.25, 0.3) is 0 Å². The van der Waals surface area contributed by atoms with E-state index in [1.54, 1.807) is 0 Å². The highest BCUT2D eigenvalue weighted by Gasteiger charge is 2.61. The zero-order valence-corrected chi connectivity index (χ0v) is 18.4. The first-order valence-electron chi connectivity index (χ1n) is 10.4. The van der Waals surface area contributed by atoms with Gasteiger partial charge in [0.2, 0.25) is 0 Å². The monoisotopic (exact) mass is 435 g/mol. The van der Waals surface area contributed by atoms with Crippen LogP contribution in [-0.4, -0.2) is 69.8 Å². The smallest absolute Gasteiger partial charge is 0.334 e. The Balaban J connectivity index is 2.25. The third-order valence-electron chi connectivity index (χ3n) is 6.62. The zero-order chi connectivity index (χ0) is 22.8. The van der Waals surface area contributed by atoms with Gasteiger partial charge in [-0.3, -0.25) is 14.4 Å². The molecule has 0 saturated carbocycles. The molecule has 1 aliphatic carbocycles. The Morgan fingerprint density at radius 3 is 2.26 bits per heavy atom. The van der Waals surface area contributed by atoms with Crippen LogP contribution in [0.2, 0.25) is 0 Å². The molecule has 3 aliphatic rings. The fourth-order valence-electron chi connectivity index (χ4n) is 5.36. The summed E-state index contributed by atoms with van der Waals surface area (Å²) in [6, 6.07) is -0.269. The molecule has 0 N–H and O–H groups in total. The van der Waals surface area contributed by atoms with Gasteiger partial charge >= 0.3 is 23.9 Å². The summed E-state index contributed by atoms with van der Waals surface area (Å²) in [4.78, 5) is 52.4. The number of methoxy groups -OCH3 is 4. The van der Waals surface area contributed by atoms with Crippen molar-refractivity contribution in [3.63, 3.8) is 0 Å². The maximum absolute atomic E-state index is 13.2. The lowest BCUT2D eigenvalue weighted by atomic mass is 9.69. The molecule has 0 aromatic carbocycles. The quantitative estimate of drug-likeness (QED) is 0.349. The molecule has 9 heteroatoms. The van der Waals surface area contributed by atoms with E-state index >= 15 is 0 Å². The Hall–Kier alpha value is -2.84. The fraction of sp³-hybridized carbons (Fsp3) is 0.636. The number of hydrogen-bond acceptors (Lipinski definition) is 9. The van der Waals surface area contributed by atoms with Crippen molar-refractivity contribution in [2.75, 3.05) is 35.0 Å². The lowest BCUT2D eigenvalue weighted by Gasteiger charge is -2.34. The number of allylic oxidation sites excluding steroid dienone is 1. The van der Waals surface area contributed by atoms with E-state index in [2.05, 4.69) is 4.90 Å². The Labute approximate surface area is 181 Å². The standard InChI is InChI=1S/C22H29NO8/c1-28-17(24)11-14(20(26)30-3)13-7-5-8-15-19(13)23-10-6-9-16(23)22(15,21(27)31-4)12-18(25)29-2/h16H,5-12H2,1-4H3/b14-13-/t16-,22+/m1/s1. The van der Waals surface area contributed by atoms with Crippen LogP contribution in [0.5, 0.6) is 0 Å². The van der Waals surface area contributed by atoms with Gasteiger partial charge in [0, 0.05) is 18.3 Å². The van der Waals surface area contributed by atoms with Crippen molar-refractivity contribution in [1.29, 1.82) is 0 Å². The predicted molar refractivity (Wildman–Crippen MR) is 107 cm³/mol. The minimum Gasteiger partial charge on any atom is -0.469 e. The molecule has 0 aromatic heterocycles. The van der Waals surface area contributed by atoms with Gasteiger partial charge in [-0.1, -0.05) is 0 Å². The van der Waals surface area contributed by atoms with Crippen LogP contribution < -0.4 is 0 Å². The third kappa shape index (κ3) is 3.70. The maximum Gasteiger partial charge on any atom is 0.334 e. The van der Waals surface area contributed by atoms with E-state index in [0.29, 0.717) is 37.8 Å². The molecule has 2 aliphatic heterocycles. The maximum atomic E-state index is 13.2. The fourth-order valence-corrected chi connectivity index (χ4v) is 5.36. The molecule has 1 saturated heterocycles. The van der Waals surface area contributed by atoms with E-state index in [1.165, 1.54) is 28.4 Å². The van der Waals surface area contributed by atoms with Crippen LogP contribution in [0.3, 0.4) is 0 Å². The highest BCUT2D eigenvalue weighted by molar-refractivity contribution is 5.96. The molecule has 31 heavy (non-hydrogen) atoms. The van der Waals surface area contributed by atoms with E-state index in [4.69, 9.17) is 18.9 Å². The van der Waals surface area contributed by atoms with Crippen LogP contribution >= 0.6 is 0 Å². The Bertz CT molecular complexity index is 858. The first-order chi connectivity index (χ1) is 14.8. The lowest BCUT2D eigenvalue weighted by Crippen LogP contribution is -2.46. The predicted octanol–water partition coefficient (Wildman–Crippen LogP) is 1.66. The minimum atomic E-state index is -1.17. The van der Waals surface area contributed by atoms with Crippen molar-refractivity contribution in [3.8, 4) is 0 Å². The van der Waals surface area contributed by atoms with Crippen LogP contribution in [0.25, 0.3) is 0 Å². The lowest BCUT2D eigenvalue weighted by molar-refractivity contribution is -0.159. The topological polar surface area (TPSA) is 108 Å². The number of hydrogen-bond donors (Lipinski definition) is 0. The Morgan fingerprint density at radius 2 is 1.65 bits per heavy atom. The van der Waals surface area contributed by atoms with E-state index in [-0.39, 0.29) is 24.5 Å². The van der Waals surface area contributed by atoms with Gasteiger partial charge in [0.15, 0.2) is 0 Å². The molecule has 2 heterocycles. The number of rotatable bonds is 6. The molecule has 0 aromatic rings. The number of ether oxygens (including phenoxy) is 4. The van der Waals surface area contributed by atoms with Crippen molar-refractivity contribution in [2.24, 2.45) is 5.41 Å². The van der Waals surface area contributed by atoms with Gasteiger partial charge in [-0.15, -0.1) is 0 Å². The van der Waals surface area contributed by atoms with Crippen LogP contribution in [0.15, 0.2) is 22.4 Å². The first kappa shape index (κ1) is 22.8. The number of esters is 4. The molecule has 9 nitrogen and oxygen atoms in total. The molecule has 0 amide bonds. The first-order valence-corrected chi connectivity index (χ1v) is 10.4. The number of fused-ring (bicyclic) bond motifs is 2. The summed E-state index contributed by atoms with van der Waals surface area (Å²) < 4.78 is 19.9. The van der Waals surface area contributed by atoms with Crippen molar-refractivity contribution in [2.45, 2.75) is 51.0 Å². The molecule has 0 radical (unpaired) electrons. The summed E-state index contributed by atoms with van der Waals surface area (Å²) in [5.41, 5.74) is 1.28. The molecule has 0 unspecified atom stereocenters. The molecule has 3 rings (SSSR count). The summed E-state index contributed by atoms with van der Waals surface area (Å²) in [6.45, 7) is 0.680. The largest absolute Gasteiger partial charge is 0.469 e. The van der Waals surface area contributed by atoms with Crippen LogP contribution in [0.4, 0.5) is 0 Å². The third-order valence-corrected chi connectivity index (χ3v) is 6.62. The average Bonchev–Trinajstić information content (AvgIpc) is 3.37. The Kier molecular flexibility index (Phi) is 6.71. The van der Waals surface area contributed by atoms with Gasteiger partial charge in [-0.25, -0.2) is 4.79 Å².